The molecule has 1 aliphatic rings. The number of aromatic nitrogens is 2. The van der Waals surface area contributed by atoms with Gasteiger partial charge < -0.3 is 9.47 Å². The number of ether oxygens (including phenoxy) is 2. The monoisotopic (exact) mass is 329 g/mol. The van der Waals surface area contributed by atoms with Crippen molar-refractivity contribution in [2.24, 2.45) is 0 Å². The lowest BCUT2D eigenvalue weighted by Gasteiger charge is -2.25. The molecule has 1 aromatic carbocycles. The highest BCUT2D eigenvalue weighted by Crippen LogP contribution is 2.17. The van der Waals surface area contributed by atoms with Crippen LogP contribution in [0, 0.1) is 6.92 Å². The molecular weight excluding hydrogens is 302 g/mol. The van der Waals surface area contributed by atoms with Crippen molar-refractivity contribution in [3.8, 4) is 5.75 Å². The number of rotatable bonds is 8. The number of hydrogen-bond donors (Lipinski definition) is 0. The van der Waals surface area contributed by atoms with E-state index in [1.807, 2.05) is 36.0 Å². The van der Waals surface area contributed by atoms with E-state index in [0.717, 1.165) is 44.2 Å². The molecule has 130 valence electrons. The van der Waals surface area contributed by atoms with Crippen LogP contribution in [0.15, 0.2) is 36.5 Å². The van der Waals surface area contributed by atoms with Crippen molar-refractivity contribution >= 4 is 0 Å². The van der Waals surface area contributed by atoms with E-state index in [0.29, 0.717) is 6.10 Å². The Labute approximate surface area is 144 Å². The summed E-state index contributed by atoms with van der Waals surface area (Å²) in [5.41, 5.74) is 2.36. The zero-order valence-electron chi connectivity index (χ0n) is 14.6. The summed E-state index contributed by atoms with van der Waals surface area (Å²) in [5.74, 6) is 0.899. The summed E-state index contributed by atoms with van der Waals surface area (Å²) >= 11 is 0. The number of aryl methyl sites for hydroxylation is 1. The van der Waals surface area contributed by atoms with Crippen LogP contribution in [0.2, 0.25) is 0 Å². The van der Waals surface area contributed by atoms with Gasteiger partial charge in [0.15, 0.2) is 0 Å². The van der Waals surface area contributed by atoms with Gasteiger partial charge in [-0.15, -0.1) is 0 Å². The zero-order chi connectivity index (χ0) is 16.8. The Morgan fingerprint density at radius 2 is 2.12 bits per heavy atom. The van der Waals surface area contributed by atoms with Crippen molar-refractivity contribution < 1.29 is 9.47 Å². The minimum atomic E-state index is 0.364. The number of hydrogen-bond acceptors (Lipinski definition) is 4. The lowest BCUT2D eigenvalue weighted by Crippen LogP contribution is -2.34. The SMILES string of the molecule is COc1ccc(CN(CCn2ccc(C)n2)C[C@H]2CCCO2)cc1. The summed E-state index contributed by atoms with van der Waals surface area (Å²) in [7, 11) is 1.70. The van der Waals surface area contributed by atoms with Gasteiger partial charge in [-0.2, -0.15) is 5.10 Å². The number of nitrogens with zero attached hydrogens (tertiary/aromatic N) is 3. The van der Waals surface area contributed by atoms with Crippen LogP contribution < -0.4 is 4.74 Å². The third-order valence-corrected chi connectivity index (χ3v) is 4.47. The van der Waals surface area contributed by atoms with Crippen molar-refractivity contribution in [1.29, 1.82) is 0 Å². The summed E-state index contributed by atoms with van der Waals surface area (Å²) < 4.78 is 13.1. The summed E-state index contributed by atoms with van der Waals surface area (Å²) in [5, 5.41) is 4.49. The molecule has 0 N–H and O–H groups in total. The second-order valence-electron chi connectivity index (χ2n) is 6.44. The predicted octanol–water partition coefficient (Wildman–Crippen LogP) is 2.88. The van der Waals surface area contributed by atoms with Crippen molar-refractivity contribution in [2.45, 2.75) is 39.0 Å². The molecule has 2 aromatic rings. The molecule has 2 heterocycles. The van der Waals surface area contributed by atoms with E-state index in [4.69, 9.17) is 9.47 Å². The molecule has 3 rings (SSSR count). The van der Waals surface area contributed by atoms with Gasteiger partial charge in [-0.25, -0.2) is 0 Å². The van der Waals surface area contributed by atoms with E-state index in [-0.39, 0.29) is 0 Å². The number of benzene rings is 1. The van der Waals surface area contributed by atoms with Crippen LogP contribution in [0.3, 0.4) is 0 Å². The third-order valence-electron chi connectivity index (χ3n) is 4.47. The maximum Gasteiger partial charge on any atom is 0.118 e. The minimum absolute atomic E-state index is 0.364. The Hall–Kier alpha value is -1.85. The molecule has 1 fully saturated rings. The van der Waals surface area contributed by atoms with Gasteiger partial charge in [0.1, 0.15) is 5.75 Å². The van der Waals surface area contributed by atoms with Crippen LogP contribution in [0.25, 0.3) is 0 Å². The van der Waals surface area contributed by atoms with Crippen LogP contribution in [0.1, 0.15) is 24.1 Å². The molecule has 1 aromatic heterocycles. The Balaban J connectivity index is 1.61. The van der Waals surface area contributed by atoms with Gasteiger partial charge in [-0.1, -0.05) is 12.1 Å². The predicted molar refractivity (Wildman–Crippen MR) is 94.2 cm³/mol. The van der Waals surface area contributed by atoms with Gasteiger partial charge in [0.25, 0.3) is 0 Å². The smallest absolute Gasteiger partial charge is 0.118 e. The fraction of sp³-hybridized carbons (Fsp3) is 0.526. The Morgan fingerprint density at radius 3 is 2.75 bits per heavy atom. The molecule has 0 saturated carbocycles. The van der Waals surface area contributed by atoms with Crippen LogP contribution in [0.5, 0.6) is 5.75 Å². The fourth-order valence-corrected chi connectivity index (χ4v) is 3.13. The average Bonchev–Trinajstić information content (AvgIpc) is 3.25. The quantitative estimate of drug-likeness (QED) is 0.746. The van der Waals surface area contributed by atoms with Crippen molar-refractivity contribution in [2.75, 3.05) is 26.8 Å². The van der Waals surface area contributed by atoms with E-state index in [9.17, 15) is 0 Å². The van der Waals surface area contributed by atoms with Crippen molar-refractivity contribution in [3.63, 3.8) is 0 Å². The fourth-order valence-electron chi connectivity index (χ4n) is 3.13. The summed E-state index contributed by atoms with van der Waals surface area (Å²) in [4.78, 5) is 2.47. The van der Waals surface area contributed by atoms with Crippen molar-refractivity contribution in [3.05, 3.63) is 47.8 Å². The zero-order valence-corrected chi connectivity index (χ0v) is 14.6. The molecule has 0 spiro atoms. The Bertz CT molecular complexity index is 618. The Morgan fingerprint density at radius 1 is 1.29 bits per heavy atom. The van der Waals surface area contributed by atoms with Crippen LogP contribution >= 0.6 is 0 Å². The van der Waals surface area contributed by atoms with Gasteiger partial charge in [0.05, 0.1) is 25.5 Å². The highest BCUT2D eigenvalue weighted by atomic mass is 16.5. The van der Waals surface area contributed by atoms with Crippen LogP contribution in [-0.4, -0.2) is 47.6 Å². The topological polar surface area (TPSA) is 39.5 Å². The molecular formula is C19H27N3O2. The first kappa shape index (κ1) is 17.0. The highest BCUT2D eigenvalue weighted by Gasteiger charge is 2.19. The lowest BCUT2D eigenvalue weighted by atomic mass is 10.1. The molecule has 1 saturated heterocycles. The molecule has 0 bridgehead atoms. The van der Waals surface area contributed by atoms with Gasteiger partial charge in [-0.05, 0) is 43.5 Å². The first-order valence-corrected chi connectivity index (χ1v) is 8.70. The lowest BCUT2D eigenvalue weighted by molar-refractivity contribution is 0.0689. The molecule has 0 aliphatic carbocycles. The van der Waals surface area contributed by atoms with Gasteiger partial charge >= 0.3 is 0 Å². The van der Waals surface area contributed by atoms with Crippen molar-refractivity contribution in [1.82, 2.24) is 14.7 Å². The standard InChI is InChI=1S/C19H27N3O2/c1-16-9-10-22(20-16)12-11-21(15-19-4-3-13-24-19)14-17-5-7-18(23-2)8-6-17/h5-10,19H,3-4,11-15H2,1-2H3/t19-/m1/s1. The van der Waals surface area contributed by atoms with E-state index in [1.54, 1.807) is 7.11 Å². The van der Waals surface area contributed by atoms with Crippen LogP contribution in [0.4, 0.5) is 0 Å². The van der Waals surface area contributed by atoms with Crippen LogP contribution in [-0.2, 0) is 17.8 Å². The van der Waals surface area contributed by atoms with Gasteiger partial charge in [0, 0.05) is 32.4 Å². The molecule has 5 heteroatoms. The van der Waals surface area contributed by atoms with Gasteiger partial charge in [0.2, 0.25) is 0 Å². The summed E-state index contributed by atoms with van der Waals surface area (Å²) in [6, 6.07) is 10.4. The van der Waals surface area contributed by atoms with E-state index >= 15 is 0 Å². The van der Waals surface area contributed by atoms with E-state index in [1.165, 1.54) is 18.4 Å². The van der Waals surface area contributed by atoms with Gasteiger partial charge in [-0.3, -0.25) is 9.58 Å². The Kier molecular flexibility index (Phi) is 5.88. The maximum absolute atomic E-state index is 5.83. The number of methoxy groups -OCH3 is 1. The minimum Gasteiger partial charge on any atom is -0.497 e. The largest absolute Gasteiger partial charge is 0.497 e. The molecule has 0 unspecified atom stereocenters. The second-order valence-corrected chi connectivity index (χ2v) is 6.44. The first-order valence-electron chi connectivity index (χ1n) is 8.70. The molecule has 0 amide bonds. The maximum atomic E-state index is 5.83. The second kappa shape index (κ2) is 8.31. The molecule has 5 nitrogen and oxygen atoms in total. The summed E-state index contributed by atoms with van der Waals surface area (Å²) in [6.45, 7) is 6.69. The first-order chi connectivity index (χ1) is 11.7. The molecule has 1 atom stereocenters. The third kappa shape index (κ3) is 4.82. The van der Waals surface area contributed by atoms with E-state index in [2.05, 4.69) is 22.1 Å². The van der Waals surface area contributed by atoms with E-state index < -0.39 is 0 Å². The average molecular weight is 329 g/mol. The normalized spacial score (nSPS) is 17.5. The summed E-state index contributed by atoms with van der Waals surface area (Å²) in [6.07, 6.45) is 4.76. The molecule has 0 radical (unpaired) electrons. The highest BCUT2D eigenvalue weighted by molar-refractivity contribution is 5.27. The molecule has 24 heavy (non-hydrogen) atoms. The molecule has 1 aliphatic heterocycles.